The topological polar surface area (TPSA) is 86.8 Å². The van der Waals surface area contributed by atoms with Crippen molar-refractivity contribution in [1.82, 2.24) is 9.80 Å². The average Bonchev–Trinajstić information content (AvgIpc) is 2.76. The number of carbonyl (C=O) groups is 2. The van der Waals surface area contributed by atoms with Gasteiger partial charge in [-0.1, -0.05) is 36.7 Å². The molecule has 166 valence electrons. The van der Waals surface area contributed by atoms with Crippen LogP contribution in [0, 0.1) is 6.92 Å². The number of hydrogen-bond acceptors (Lipinski definition) is 4. The summed E-state index contributed by atoms with van der Waals surface area (Å²) in [4.78, 5) is 28.9. The number of benzene rings is 2. The minimum absolute atomic E-state index is 0.00569. The average molecular weight is 464 g/mol. The van der Waals surface area contributed by atoms with E-state index in [-0.39, 0.29) is 28.2 Å². The van der Waals surface area contributed by atoms with E-state index in [2.05, 4.69) is 5.32 Å². The van der Waals surface area contributed by atoms with E-state index in [0.29, 0.717) is 43.3 Å². The maximum atomic E-state index is 13.0. The zero-order chi connectivity index (χ0) is 22.6. The van der Waals surface area contributed by atoms with Gasteiger partial charge in [0, 0.05) is 36.9 Å². The zero-order valence-corrected chi connectivity index (χ0v) is 19.2. The fraction of sp³-hybridized carbons (Fsp3) is 0.364. The first-order chi connectivity index (χ1) is 14.7. The van der Waals surface area contributed by atoms with Crippen molar-refractivity contribution in [3.05, 3.63) is 58.6 Å². The Labute approximate surface area is 187 Å². The molecule has 1 heterocycles. The molecule has 31 heavy (non-hydrogen) atoms. The highest BCUT2D eigenvalue weighted by Crippen LogP contribution is 2.22. The van der Waals surface area contributed by atoms with Gasteiger partial charge in [-0.3, -0.25) is 4.79 Å². The van der Waals surface area contributed by atoms with Gasteiger partial charge in [0.05, 0.1) is 16.2 Å². The Balaban J connectivity index is 1.65. The van der Waals surface area contributed by atoms with Crippen LogP contribution in [-0.4, -0.2) is 62.1 Å². The van der Waals surface area contributed by atoms with E-state index < -0.39 is 9.84 Å². The first-order valence-electron chi connectivity index (χ1n) is 10.2. The minimum Gasteiger partial charge on any atom is -0.335 e. The molecule has 3 amide bonds. The van der Waals surface area contributed by atoms with Crippen molar-refractivity contribution < 1.29 is 18.0 Å². The van der Waals surface area contributed by atoms with Gasteiger partial charge in [0.2, 0.25) is 0 Å². The molecule has 7 nitrogen and oxygen atoms in total. The molecule has 1 aliphatic heterocycles. The summed E-state index contributed by atoms with van der Waals surface area (Å²) >= 11 is 6.11. The van der Waals surface area contributed by atoms with Crippen molar-refractivity contribution in [2.45, 2.75) is 25.2 Å². The van der Waals surface area contributed by atoms with Crippen molar-refractivity contribution in [2.24, 2.45) is 0 Å². The lowest BCUT2D eigenvalue weighted by Crippen LogP contribution is -2.51. The van der Waals surface area contributed by atoms with Crippen LogP contribution in [0.15, 0.2) is 47.4 Å². The van der Waals surface area contributed by atoms with Gasteiger partial charge in [0.15, 0.2) is 9.84 Å². The summed E-state index contributed by atoms with van der Waals surface area (Å²) in [5.41, 5.74) is 1.71. The molecule has 1 N–H and O–H groups in total. The minimum atomic E-state index is -3.52. The smallest absolute Gasteiger partial charge is 0.321 e. The predicted octanol–water partition coefficient (Wildman–Crippen LogP) is 3.82. The second-order valence-electron chi connectivity index (χ2n) is 7.49. The molecule has 3 rings (SSSR count). The van der Waals surface area contributed by atoms with E-state index in [1.807, 2.05) is 13.0 Å². The summed E-state index contributed by atoms with van der Waals surface area (Å²) in [6, 6.07) is 11.4. The molecular weight excluding hydrogens is 438 g/mol. The van der Waals surface area contributed by atoms with Gasteiger partial charge in [-0.25, -0.2) is 13.2 Å². The summed E-state index contributed by atoms with van der Waals surface area (Å²) in [6.07, 6.45) is 0.477. The molecule has 9 heteroatoms. The number of sulfone groups is 1. The van der Waals surface area contributed by atoms with E-state index in [1.54, 1.807) is 47.1 Å². The highest BCUT2D eigenvalue weighted by molar-refractivity contribution is 7.91. The van der Waals surface area contributed by atoms with Crippen LogP contribution < -0.4 is 5.32 Å². The first-order valence-corrected chi connectivity index (χ1v) is 12.2. The van der Waals surface area contributed by atoms with Gasteiger partial charge in [0.25, 0.3) is 5.91 Å². The molecule has 0 radical (unpaired) electrons. The van der Waals surface area contributed by atoms with Crippen LogP contribution in [0.25, 0.3) is 0 Å². The molecule has 1 saturated heterocycles. The van der Waals surface area contributed by atoms with E-state index in [9.17, 15) is 18.0 Å². The van der Waals surface area contributed by atoms with Gasteiger partial charge in [-0.2, -0.15) is 0 Å². The molecule has 0 atom stereocenters. The van der Waals surface area contributed by atoms with E-state index >= 15 is 0 Å². The molecule has 0 aromatic heterocycles. The van der Waals surface area contributed by atoms with Crippen LogP contribution >= 0.6 is 11.6 Å². The molecule has 0 unspecified atom stereocenters. The largest absolute Gasteiger partial charge is 0.335 e. The fourth-order valence-corrected chi connectivity index (χ4v) is 5.16. The van der Waals surface area contributed by atoms with Gasteiger partial charge in [-0.15, -0.1) is 0 Å². The third kappa shape index (κ3) is 5.37. The van der Waals surface area contributed by atoms with Crippen LogP contribution in [0.4, 0.5) is 10.5 Å². The number of anilines is 1. The fourth-order valence-electron chi connectivity index (χ4n) is 3.45. The number of aryl methyl sites for hydroxylation is 1. The van der Waals surface area contributed by atoms with E-state index in [0.717, 1.165) is 5.56 Å². The Kier molecular flexibility index (Phi) is 7.23. The zero-order valence-electron chi connectivity index (χ0n) is 17.6. The molecular formula is C22H26ClN3O4S. The number of nitrogens with one attached hydrogen (secondary N) is 1. The quantitative estimate of drug-likeness (QED) is 0.730. The molecule has 0 aliphatic carbocycles. The van der Waals surface area contributed by atoms with Gasteiger partial charge < -0.3 is 15.1 Å². The van der Waals surface area contributed by atoms with Crippen LogP contribution in [0.2, 0.25) is 5.02 Å². The predicted molar refractivity (Wildman–Crippen MR) is 121 cm³/mol. The SMILES string of the molecule is CCCS(=O)(=O)c1ccccc1C(=O)N1CCN(C(=O)Nc2ccc(C)c(Cl)c2)CC1. The third-order valence-corrected chi connectivity index (χ3v) is 7.58. The Morgan fingerprint density at radius 1 is 1.03 bits per heavy atom. The van der Waals surface area contributed by atoms with Crippen LogP contribution in [-0.2, 0) is 9.84 Å². The van der Waals surface area contributed by atoms with Crippen molar-refractivity contribution >= 4 is 39.1 Å². The number of halogens is 1. The maximum absolute atomic E-state index is 13.0. The van der Waals surface area contributed by atoms with Crippen LogP contribution in [0.3, 0.4) is 0 Å². The second-order valence-corrected chi connectivity index (χ2v) is 9.97. The molecule has 2 aromatic rings. The highest BCUT2D eigenvalue weighted by Gasteiger charge is 2.28. The Bertz CT molecular complexity index is 1080. The molecule has 1 aliphatic rings. The van der Waals surface area contributed by atoms with Crippen molar-refractivity contribution in [2.75, 3.05) is 37.2 Å². The lowest BCUT2D eigenvalue weighted by molar-refractivity contribution is 0.0668. The van der Waals surface area contributed by atoms with Crippen molar-refractivity contribution in [3.8, 4) is 0 Å². The van der Waals surface area contributed by atoms with E-state index in [1.165, 1.54) is 6.07 Å². The number of carbonyl (C=O) groups excluding carboxylic acids is 2. The normalized spacial score (nSPS) is 14.4. The number of amides is 3. The third-order valence-electron chi connectivity index (χ3n) is 5.20. The lowest BCUT2D eigenvalue weighted by atomic mass is 10.2. The number of urea groups is 1. The Hall–Kier alpha value is -2.58. The molecule has 2 aromatic carbocycles. The first kappa shape index (κ1) is 23.1. The summed E-state index contributed by atoms with van der Waals surface area (Å²) in [5, 5.41) is 3.39. The summed E-state index contributed by atoms with van der Waals surface area (Å²) in [7, 11) is -3.52. The lowest BCUT2D eigenvalue weighted by Gasteiger charge is -2.35. The summed E-state index contributed by atoms with van der Waals surface area (Å²) < 4.78 is 25.1. The standard InChI is InChI=1S/C22H26ClN3O4S/c1-3-14-31(29,30)20-7-5-4-6-18(20)21(27)25-10-12-26(13-11-25)22(28)24-17-9-8-16(2)19(23)15-17/h4-9,15H,3,10-14H2,1-2H3,(H,24,28). The number of nitrogens with zero attached hydrogens (tertiary/aromatic N) is 2. The Morgan fingerprint density at radius 3 is 2.32 bits per heavy atom. The van der Waals surface area contributed by atoms with Crippen LogP contribution in [0.1, 0.15) is 29.3 Å². The van der Waals surface area contributed by atoms with Crippen LogP contribution in [0.5, 0.6) is 0 Å². The van der Waals surface area contributed by atoms with Gasteiger partial charge in [0.1, 0.15) is 0 Å². The molecule has 0 spiro atoms. The van der Waals surface area contributed by atoms with E-state index in [4.69, 9.17) is 11.6 Å². The number of rotatable bonds is 5. The van der Waals surface area contributed by atoms with Gasteiger partial charge >= 0.3 is 6.03 Å². The summed E-state index contributed by atoms with van der Waals surface area (Å²) in [5.74, 6) is -0.338. The maximum Gasteiger partial charge on any atom is 0.321 e. The highest BCUT2D eigenvalue weighted by atomic mass is 35.5. The van der Waals surface area contributed by atoms with Crippen molar-refractivity contribution in [3.63, 3.8) is 0 Å². The molecule has 1 fully saturated rings. The second kappa shape index (κ2) is 9.70. The van der Waals surface area contributed by atoms with Crippen molar-refractivity contribution in [1.29, 1.82) is 0 Å². The molecule has 0 bridgehead atoms. The summed E-state index contributed by atoms with van der Waals surface area (Å²) in [6.45, 7) is 5.01. The monoisotopic (exact) mass is 463 g/mol. The van der Waals surface area contributed by atoms with Gasteiger partial charge in [-0.05, 0) is 43.2 Å². The Morgan fingerprint density at radius 2 is 1.68 bits per heavy atom. The number of hydrogen-bond donors (Lipinski definition) is 1. The molecule has 0 saturated carbocycles. The number of piperazine rings is 1.